The Kier molecular flexibility index (Phi) is 6.97. The van der Waals surface area contributed by atoms with Gasteiger partial charge in [-0.25, -0.2) is 4.98 Å². The summed E-state index contributed by atoms with van der Waals surface area (Å²) in [5, 5.41) is 14.3. The monoisotopic (exact) mass is 438 g/mol. The average molecular weight is 439 g/mol. The van der Waals surface area contributed by atoms with Crippen LogP contribution in [-0.4, -0.2) is 52.1 Å². The molecule has 0 atom stereocenters. The predicted octanol–water partition coefficient (Wildman–Crippen LogP) is 3.66. The van der Waals surface area contributed by atoms with Crippen molar-refractivity contribution in [1.82, 2.24) is 19.8 Å². The lowest BCUT2D eigenvalue weighted by atomic mass is 9.88. The lowest BCUT2D eigenvalue weighted by Crippen LogP contribution is -2.42. The van der Waals surface area contributed by atoms with E-state index in [9.17, 15) is 5.11 Å². The minimum Gasteiger partial charge on any atom is -0.497 e. The summed E-state index contributed by atoms with van der Waals surface area (Å²) < 4.78 is 5.23. The van der Waals surface area contributed by atoms with Gasteiger partial charge in [0.05, 0.1) is 19.3 Å². The first-order valence-corrected chi connectivity index (χ1v) is 11.5. The number of aliphatic hydroxyl groups is 1. The van der Waals surface area contributed by atoms with E-state index in [2.05, 4.69) is 40.0 Å². The van der Waals surface area contributed by atoms with Crippen LogP contribution < -0.4 is 4.74 Å². The van der Waals surface area contributed by atoms with Crippen LogP contribution in [0.1, 0.15) is 34.7 Å². The zero-order chi connectivity index (χ0) is 21.7. The maximum atomic E-state index is 11.3. The molecule has 164 valence electrons. The number of aromatic nitrogens is 2. The SMILES string of the molecule is COc1ccc(CN2CCC(O)(c3csc(CN(C)Cc4cccnc4)n3)CC2)cc1. The molecule has 0 unspecified atom stereocenters. The molecule has 1 saturated heterocycles. The van der Waals surface area contributed by atoms with Crippen LogP contribution in [0.2, 0.25) is 0 Å². The van der Waals surface area contributed by atoms with Gasteiger partial charge < -0.3 is 9.84 Å². The predicted molar refractivity (Wildman–Crippen MR) is 123 cm³/mol. The van der Waals surface area contributed by atoms with Crippen molar-refractivity contribution in [3.05, 3.63) is 76.0 Å². The number of hydrogen-bond donors (Lipinski definition) is 1. The van der Waals surface area contributed by atoms with Crippen LogP contribution in [-0.2, 0) is 25.2 Å². The van der Waals surface area contributed by atoms with E-state index in [1.54, 1.807) is 24.6 Å². The van der Waals surface area contributed by atoms with E-state index in [0.29, 0.717) is 12.8 Å². The molecule has 1 aromatic carbocycles. The molecule has 0 radical (unpaired) electrons. The van der Waals surface area contributed by atoms with Crippen LogP contribution in [0.3, 0.4) is 0 Å². The van der Waals surface area contributed by atoms with Gasteiger partial charge in [-0.2, -0.15) is 0 Å². The Balaban J connectivity index is 1.30. The van der Waals surface area contributed by atoms with Crippen molar-refractivity contribution in [2.24, 2.45) is 0 Å². The number of thiazole rings is 1. The normalized spacial score (nSPS) is 16.5. The lowest BCUT2D eigenvalue weighted by Gasteiger charge is -2.37. The van der Waals surface area contributed by atoms with E-state index < -0.39 is 5.60 Å². The van der Waals surface area contributed by atoms with Crippen molar-refractivity contribution in [2.75, 3.05) is 27.2 Å². The van der Waals surface area contributed by atoms with E-state index in [1.807, 2.05) is 29.8 Å². The smallest absolute Gasteiger partial charge is 0.118 e. The van der Waals surface area contributed by atoms with Gasteiger partial charge in [0.25, 0.3) is 0 Å². The molecule has 4 rings (SSSR count). The molecule has 1 aliphatic rings. The summed E-state index contributed by atoms with van der Waals surface area (Å²) in [6.07, 6.45) is 5.10. The number of likely N-dealkylation sites (tertiary alicyclic amines) is 1. The summed E-state index contributed by atoms with van der Waals surface area (Å²) in [6.45, 7) is 4.20. The molecule has 0 bridgehead atoms. The first kappa shape index (κ1) is 21.9. The molecule has 1 aliphatic heterocycles. The summed E-state index contributed by atoms with van der Waals surface area (Å²) in [6, 6.07) is 12.2. The number of hydrogen-bond acceptors (Lipinski definition) is 7. The van der Waals surface area contributed by atoms with Gasteiger partial charge in [-0.1, -0.05) is 18.2 Å². The largest absolute Gasteiger partial charge is 0.497 e. The highest BCUT2D eigenvalue weighted by atomic mass is 32.1. The van der Waals surface area contributed by atoms with Gasteiger partial charge in [0.15, 0.2) is 0 Å². The second kappa shape index (κ2) is 9.87. The van der Waals surface area contributed by atoms with E-state index in [1.165, 1.54) is 11.1 Å². The molecule has 6 nitrogen and oxygen atoms in total. The van der Waals surface area contributed by atoms with Crippen molar-refractivity contribution in [2.45, 2.75) is 38.1 Å². The Morgan fingerprint density at radius 2 is 1.90 bits per heavy atom. The number of piperidine rings is 1. The molecular formula is C24H30N4O2S. The molecule has 1 fully saturated rings. The van der Waals surface area contributed by atoms with E-state index in [0.717, 1.165) is 49.2 Å². The van der Waals surface area contributed by atoms with Gasteiger partial charge in [-0.15, -0.1) is 11.3 Å². The number of benzene rings is 1. The van der Waals surface area contributed by atoms with Gasteiger partial charge in [-0.3, -0.25) is 14.8 Å². The van der Waals surface area contributed by atoms with Crippen molar-refractivity contribution >= 4 is 11.3 Å². The molecule has 0 amide bonds. The van der Waals surface area contributed by atoms with Gasteiger partial charge in [0.2, 0.25) is 0 Å². The van der Waals surface area contributed by atoms with E-state index >= 15 is 0 Å². The first-order valence-electron chi connectivity index (χ1n) is 10.6. The standard InChI is InChI=1S/C24H30N4O2S/c1-27(15-20-4-3-11-25-14-20)17-23-26-22(18-31-23)24(29)9-12-28(13-10-24)16-19-5-7-21(30-2)8-6-19/h3-8,11,14,18,29H,9-10,12-13,15-17H2,1-2H3. The molecule has 1 N–H and O–H groups in total. The Hall–Kier alpha value is -2.32. The van der Waals surface area contributed by atoms with Crippen molar-refractivity contribution in [1.29, 1.82) is 0 Å². The highest BCUT2D eigenvalue weighted by Gasteiger charge is 2.36. The van der Waals surface area contributed by atoms with E-state index in [-0.39, 0.29) is 0 Å². The minimum atomic E-state index is -0.826. The molecule has 31 heavy (non-hydrogen) atoms. The van der Waals surface area contributed by atoms with Crippen LogP contribution in [0, 0.1) is 0 Å². The maximum absolute atomic E-state index is 11.3. The summed E-state index contributed by atoms with van der Waals surface area (Å²) >= 11 is 1.63. The summed E-state index contributed by atoms with van der Waals surface area (Å²) in [5.41, 5.74) is 2.45. The van der Waals surface area contributed by atoms with Crippen LogP contribution >= 0.6 is 11.3 Å². The highest BCUT2D eigenvalue weighted by Crippen LogP contribution is 2.34. The molecule has 7 heteroatoms. The number of methoxy groups -OCH3 is 1. The Morgan fingerprint density at radius 1 is 1.13 bits per heavy atom. The molecule has 3 aromatic rings. The van der Waals surface area contributed by atoms with E-state index in [4.69, 9.17) is 9.72 Å². The number of pyridine rings is 1. The second-order valence-corrected chi connectivity index (χ2v) is 9.26. The molecule has 0 saturated carbocycles. The van der Waals surface area contributed by atoms with Gasteiger partial charge >= 0.3 is 0 Å². The fourth-order valence-electron chi connectivity index (χ4n) is 4.01. The van der Waals surface area contributed by atoms with Gasteiger partial charge in [0, 0.05) is 44.0 Å². The lowest BCUT2D eigenvalue weighted by molar-refractivity contribution is -0.0307. The van der Waals surface area contributed by atoms with Crippen LogP contribution in [0.5, 0.6) is 5.75 Å². The maximum Gasteiger partial charge on any atom is 0.118 e. The topological polar surface area (TPSA) is 61.7 Å². The van der Waals surface area contributed by atoms with Crippen LogP contribution in [0.4, 0.5) is 0 Å². The van der Waals surface area contributed by atoms with Crippen molar-refractivity contribution in [3.63, 3.8) is 0 Å². The first-order chi connectivity index (χ1) is 15.0. The van der Waals surface area contributed by atoms with Gasteiger partial charge in [-0.05, 0) is 49.2 Å². The zero-order valence-corrected chi connectivity index (χ0v) is 19.0. The fraction of sp³-hybridized carbons (Fsp3) is 0.417. The Bertz CT molecular complexity index is 953. The van der Waals surface area contributed by atoms with Crippen molar-refractivity contribution in [3.8, 4) is 5.75 Å². The zero-order valence-electron chi connectivity index (χ0n) is 18.2. The Labute approximate surface area is 188 Å². The van der Waals surface area contributed by atoms with Crippen LogP contribution in [0.25, 0.3) is 0 Å². The van der Waals surface area contributed by atoms with Crippen LogP contribution in [0.15, 0.2) is 54.2 Å². The highest BCUT2D eigenvalue weighted by molar-refractivity contribution is 7.09. The number of ether oxygens (including phenoxy) is 1. The minimum absolute atomic E-state index is 0.706. The summed E-state index contributed by atoms with van der Waals surface area (Å²) in [4.78, 5) is 13.6. The third-order valence-electron chi connectivity index (χ3n) is 5.86. The third kappa shape index (κ3) is 5.68. The summed E-state index contributed by atoms with van der Waals surface area (Å²) in [5.74, 6) is 0.877. The third-order valence-corrected chi connectivity index (χ3v) is 6.69. The molecule has 0 spiro atoms. The average Bonchev–Trinajstić information content (AvgIpc) is 3.26. The molecule has 3 heterocycles. The quantitative estimate of drug-likeness (QED) is 0.579. The summed E-state index contributed by atoms with van der Waals surface area (Å²) in [7, 11) is 3.77. The van der Waals surface area contributed by atoms with Crippen molar-refractivity contribution < 1.29 is 9.84 Å². The fourth-order valence-corrected chi connectivity index (χ4v) is 4.98. The Morgan fingerprint density at radius 3 is 2.58 bits per heavy atom. The molecular weight excluding hydrogens is 408 g/mol. The molecule has 2 aromatic heterocycles. The number of rotatable bonds is 8. The van der Waals surface area contributed by atoms with Gasteiger partial charge in [0.1, 0.15) is 16.4 Å². The number of nitrogens with zero attached hydrogens (tertiary/aromatic N) is 4. The molecule has 0 aliphatic carbocycles. The second-order valence-electron chi connectivity index (χ2n) is 8.32.